The van der Waals surface area contributed by atoms with Gasteiger partial charge in [0.1, 0.15) is 30.5 Å². The molecule has 13 heteroatoms. The summed E-state index contributed by atoms with van der Waals surface area (Å²) in [5.41, 5.74) is 0. The first-order chi connectivity index (χ1) is 40.8. The van der Waals surface area contributed by atoms with Crippen LogP contribution >= 0.6 is 8.60 Å². The van der Waals surface area contributed by atoms with Crippen molar-refractivity contribution in [3.63, 3.8) is 0 Å². The summed E-state index contributed by atoms with van der Waals surface area (Å²) in [6.07, 6.45) is 55.9. The van der Waals surface area contributed by atoms with E-state index in [4.69, 9.17) is 27.8 Å². The fraction of sp³-hybridized carbons (Fsp3) is 0.986. The molecule has 496 valence electrons. The van der Waals surface area contributed by atoms with Crippen molar-refractivity contribution in [1.82, 2.24) is 4.90 Å². The molecule has 5 atom stereocenters. The van der Waals surface area contributed by atoms with Crippen molar-refractivity contribution in [2.24, 2.45) is 0 Å². The number of aliphatic hydroxyl groups excluding tert-OH is 4. The van der Waals surface area contributed by atoms with Gasteiger partial charge in [0.05, 0.1) is 26.4 Å². The lowest BCUT2D eigenvalue weighted by Gasteiger charge is -2.39. The zero-order valence-electron chi connectivity index (χ0n) is 55.2. The highest BCUT2D eigenvalue weighted by atomic mass is 31.2. The summed E-state index contributed by atoms with van der Waals surface area (Å²) in [4.78, 5) is 15.8. The van der Waals surface area contributed by atoms with Crippen LogP contribution in [0.15, 0.2) is 0 Å². The van der Waals surface area contributed by atoms with Gasteiger partial charge in [0.2, 0.25) is 0 Å². The summed E-state index contributed by atoms with van der Waals surface area (Å²) in [5.74, 6) is 0.00309. The van der Waals surface area contributed by atoms with Gasteiger partial charge in [-0.05, 0) is 96.7 Å². The number of carbonyl (C=O) groups is 1. The highest BCUT2D eigenvalue weighted by molar-refractivity contribution is 7.41. The van der Waals surface area contributed by atoms with E-state index in [-0.39, 0.29) is 12.1 Å². The number of unbranched alkanes of at least 4 members (excludes halogenated alkanes) is 41. The molecular formula is C70H140NO11P. The summed E-state index contributed by atoms with van der Waals surface area (Å²) in [6.45, 7) is 14.1. The van der Waals surface area contributed by atoms with Crippen molar-refractivity contribution in [3.05, 3.63) is 0 Å². The molecule has 0 spiro atoms. The highest BCUT2D eigenvalue weighted by Gasteiger charge is 2.44. The zero-order valence-corrected chi connectivity index (χ0v) is 56.1. The van der Waals surface area contributed by atoms with Crippen LogP contribution < -0.4 is 0 Å². The maximum absolute atomic E-state index is 13.2. The molecule has 83 heavy (non-hydrogen) atoms. The molecule has 12 nitrogen and oxygen atoms in total. The normalized spacial score (nSPS) is 17.5. The number of hydrogen-bond donors (Lipinski definition) is 4. The third-order valence-electron chi connectivity index (χ3n) is 17.1. The maximum atomic E-state index is 13.2. The van der Waals surface area contributed by atoms with E-state index in [0.717, 1.165) is 123 Å². The SMILES string of the molecule is CCCCCCCCCCCOP(OCCCCCCCCCCC)OCCCCCCCN(CCCCCCCC(=O)OC(CCCCCCCCCCC)CCCCCCCCCCC)CCCCO[C@H]1OC(CO)[C@@H](O)C(O)C1O. The van der Waals surface area contributed by atoms with Crippen molar-refractivity contribution in [2.75, 3.05) is 52.7 Å². The average molecular weight is 1200 g/mol. The van der Waals surface area contributed by atoms with Crippen molar-refractivity contribution in [1.29, 1.82) is 0 Å². The molecule has 1 saturated heterocycles. The lowest BCUT2D eigenvalue weighted by atomic mass is 9.99. The molecule has 1 aliphatic rings. The van der Waals surface area contributed by atoms with Gasteiger partial charge in [-0.1, -0.05) is 272 Å². The molecule has 1 aliphatic heterocycles. The molecule has 1 fully saturated rings. The third kappa shape index (κ3) is 51.0. The summed E-state index contributed by atoms with van der Waals surface area (Å²) in [7, 11) is -1.30. The number of ether oxygens (including phenoxy) is 3. The predicted molar refractivity (Wildman–Crippen MR) is 349 cm³/mol. The van der Waals surface area contributed by atoms with E-state index < -0.39 is 45.9 Å². The number of aliphatic hydroxyl groups is 4. The zero-order chi connectivity index (χ0) is 60.2. The quantitative estimate of drug-likeness (QED) is 0.0260. The van der Waals surface area contributed by atoms with Gasteiger partial charge < -0.3 is 53.1 Å². The molecule has 0 aromatic carbocycles. The second-order valence-electron chi connectivity index (χ2n) is 25.1. The van der Waals surface area contributed by atoms with Gasteiger partial charge in [-0.15, -0.1) is 0 Å². The Hall–Kier alpha value is -0.500. The van der Waals surface area contributed by atoms with Crippen molar-refractivity contribution >= 4 is 14.6 Å². The molecule has 3 unspecified atom stereocenters. The Morgan fingerprint density at radius 2 is 0.711 bits per heavy atom. The fourth-order valence-corrected chi connectivity index (χ4v) is 12.6. The summed E-state index contributed by atoms with van der Waals surface area (Å²) < 4.78 is 36.3. The number of rotatable bonds is 67. The average Bonchev–Trinajstić information content (AvgIpc) is 3.66. The van der Waals surface area contributed by atoms with Gasteiger partial charge >= 0.3 is 14.6 Å². The standard InChI is InChI=1S/C70H140NO11P/c1-5-9-13-17-21-25-29-35-43-53-64(54-44-36-30-26-22-18-14-10-6-2)81-66(73)55-45-37-33-38-46-56-71(58-48-52-59-77-70-69(76)68(75)67(74)65(63-72)82-70)57-47-39-34-42-51-62-80-83(78-60-49-40-31-27-23-19-15-11-7-3)79-61-50-41-32-28-24-20-16-12-8-4/h64-65,67-70,72,74-76H,5-63H2,1-4H3/t65?,67-,68?,69?,70+/m1/s1. The smallest absolute Gasteiger partial charge is 0.332 e. The van der Waals surface area contributed by atoms with Gasteiger partial charge in [0.15, 0.2) is 6.29 Å². The second kappa shape index (κ2) is 63.1. The number of nitrogens with zero attached hydrogens (tertiary/aromatic N) is 1. The monoisotopic (exact) mass is 1200 g/mol. The fourth-order valence-electron chi connectivity index (χ4n) is 11.5. The molecular weight excluding hydrogens is 1060 g/mol. The van der Waals surface area contributed by atoms with Gasteiger partial charge in [-0.25, -0.2) is 0 Å². The van der Waals surface area contributed by atoms with E-state index >= 15 is 0 Å². The van der Waals surface area contributed by atoms with E-state index in [2.05, 4.69) is 32.6 Å². The molecule has 0 bridgehead atoms. The third-order valence-corrected chi connectivity index (χ3v) is 18.3. The van der Waals surface area contributed by atoms with Gasteiger partial charge in [-0.2, -0.15) is 0 Å². The van der Waals surface area contributed by atoms with E-state index in [1.165, 1.54) is 231 Å². The first kappa shape index (κ1) is 80.5. The number of carbonyl (C=O) groups excluding carboxylic acids is 1. The summed E-state index contributed by atoms with van der Waals surface area (Å²) in [6, 6.07) is 0. The Balaban J connectivity index is 2.59. The molecule has 0 saturated carbocycles. The van der Waals surface area contributed by atoms with E-state index in [1.807, 2.05) is 0 Å². The van der Waals surface area contributed by atoms with Crippen LogP contribution in [0.4, 0.5) is 0 Å². The largest absolute Gasteiger partial charge is 0.462 e. The van der Waals surface area contributed by atoms with E-state index in [9.17, 15) is 25.2 Å². The van der Waals surface area contributed by atoms with Crippen molar-refractivity contribution in [2.45, 2.75) is 392 Å². The Bertz CT molecular complexity index is 1260. The lowest BCUT2D eigenvalue weighted by Crippen LogP contribution is -2.59. The van der Waals surface area contributed by atoms with Crippen LogP contribution in [0.25, 0.3) is 0 Å². The Morgan fingerprint density at radius 3 is 1.08 bits per heavy atom. The maximum Gasteiger partial charge on any atom is 0.332 e. The Kier molecular flexibility index (Phi) is 61.2. The topological polar surface area (TPSA) is 157 Å². The van der Waals surface area contributed by atoms with Crippen LogP contribution in [0.2, 0.25) is 0 Å². The minimum atomic E-state index is -1.44. The molecule has 1 heterocycles. The number of esters is 1. The van der Waals surface area contributed by atoms with Gasteiger partial charge in [0.25, 0.3) is 0 Å². The first-order valence-corrected chi connectivity index (χ1v) is 37.4. The number of hydrogen-bond acceptors (Lipinski definition) is 12. The Morgan fingerprint density at radius 1 is 0.398 bits per heavy atom. The highest BCUT2D eigenvalue weighted by Crippen LogP contribution is 2.40. The van der Waals surface area contributed by atoms with Gasteiger partial charge in [0, 0.05) is 13.0 Å². The molecule has 0 aromatic heterocycles. The molecule has 0 amide bonds. The van der Waals surface area contributed by atoms with Crippen LogP contribution in [0, 0.1) is 0 Å². The Labute approximate surface area is 514 Å². The minimum absolute atomic E-state index is 0.00309. The lowest BCUT2D eigenvalue weighted by molar-refractivity contribution is -0.301. The molecule has 0 aromatic rings. The van der Waals surface area contributed by atoms with E-state index in [1.54, 1.807) is 0 Å². The van der Waals surface area contributed by atoms with Gasteiger partial charge in [-0.3, -0.25) is 4.79 Å². The molecule has 1 rings (SSSR count). The summed E-state index contributed by atoms with van der Waals surface area (Å²) in [5, 5.41) is 40.4. The van der Waals surface area contributed by atoms with Crippen LogP contribution in [0.3, 0.4) is 0 Å². The molecule has 0 aliphatic carbocycles. The van der Waals surface area contributed by atoms with Crippen LogP contribution in [-0.4, -0.2) is 121 Å². The van der Waals surface area contributed by atoms with Crippen LogP contribution in [-0.2, 0) is 32.6 Å². The second-order valence-corrected chi connectivity index (χ2v) is 26.4. The molecule has 4 N–H and O–H groups in total. The summed E-state index contributed by atoms with van der Waals surface area (Å²) >= 11 is 0. The van der Waals surface area contributed by atoms with Crippen LogP contribution in [0.1, 0.15) is 355 Å². The molecule has 0 radical (unpaired) electrons. The van der Waals surface area contributed by atoms with E-state index in [0.29, 0.717) is 19.6 Å². The van der Waals surface area contributed by atoms with Crippen molar-refractivity contribution < 1.29 is 53.0 Å². The van der Waals surface area contributed by atoms with Crippen molar-refractivity contribution in [3.8, 4) is 0 Å². The minimum Gasteiger partial charge on any atom is -0.462 e. The predicted octanol–water partition coefficient (Wildman–Crippen LogP) is 19.3. The first-order valence-electron chi connectivity index (χ1n) is 36.3. The van der Waals surface area contributed by atoms with Crippen LogP contribution in [0.5, 0.6) is 0 Å².